The van der Waals surface area contributed by atoms with Gasteiger partial charge in [-0.3, -0.25) is 0 Å². The summed E-state index contributed by atoms with van der Waals surface area (Å²) in [6.07, 6.45) is 1.49. The topological polar surface area (TPSA) is 38.9 Å². The van der Waals surface area contributed by atoms with Gasteiger partial charge in [-0.25, -0.2) is 13.8 Å². The molecule has 0 radical (unpaired) electrons. The predicted octanol–water partition coefficient (Wildman–Crippen LogP) is 2.92. The lowest BCUT2D eigenvalue weighted by Gasteiger charge is -2.07. The van der Waals surface area contributed by atoms with Gasteiger partial charge in [-0.1, -0.05) is 0 Å². The zero-order valence-corrected chi connectivity index (χ0v) is 8.67. The van der Waals surface area contributed by atoms with Crippen molar-refractivity contribution in [1.82, 2.24) is 4.98 Å². The molecule has 0 saturated carbocycles. The van der Waals surface area contributed by atoms with Crippen LogP contribution in [0.1, 0.15) is 5.56 Å². The maximum absolute atomic E-state index is 13.5. The zero-order chi connectivity index (χ0) is 11.7. The molecule has 0 spiro atoms. The monoisotopic (exact) mass is 220 g/mol. The number of nitrogens with two attached hydrogens (primary N) is 1. The van der Waals surface area contributed by atoms with Crippen LogP contribution in [0.5, 0.6) is 0 Å². The first-order valence-corrected chi connectivity index (χ1v) is 4.75. The molecule has 82 valence electrons. The lowest BCUT2D eigenvalue weighted by atomic mass is 10.0. The Balaban J connectivity index is 2.59. The molecule has 0 amide bonds. The average Bonchev–Trinajstić information content (AvgIpc) is 2.19. The molecule has 2 N–H and O–H groups in total. The fourth-order valence-electron chi connectivity index (χ4n) is 1.57. The minimum atomic E-state index is -0.602. The van der Waals surface area contributed by atoms with Crippen molar-refractivity contribution >= 4 is 5.82 Å². The summed E-state index contributed by atoms with van der Waals surface area (Å²) in [6, 6.07) is 5.11. The Morgan fingerprint density at radius 2 is 1.88 bits per heavy atom. The Morgan fingerprint density at radius 3 is 2.50 bits per heavy atom. The fraction of sp³-hybridized carbons (Fsp3) is 0.0833. The minimum Gasteiger partial charge on any atom is -0.384 e. The molecule has 1 aromatic heterocycles. The highest BCUT2D eigenvalue weighted by Gasteiger charge is 2.09. The highest BCUT2D eigenvalue weighted by molar-refractivity contribution is 5.68. The van der Waals surface area contributed by atoms with E-state index in [4.69, 9.17) is 5.73 Å². The van der Waals surface area contributed by atoms with Crippen LogP contribution in [0, 0.1) is 18.6 Å². The van der Waals surface area contributed by atoms with Crippen LogP contribution < -0.4 is 5.73 Å². The van der Waals surface area contributed by atoms with E-state index in [1.54, 1.807) is 13.0 Å². The van der Waals surface area contributed by atoms with Crippen LogP contribution in [0.4, 0.5) is 14.6 Å². The molecular weight excluding hydrogens is 210 g/mol. The van der Waals surface area contributed by atoms with Gasteiger partial charge in [0.1, 0.15) is 17.5 Å². The van der Waals surface area contributed by atoms with Crippen molar-refractivity contribution in [2.24, 2.45) is 0 Å². The largest absolute Gasteiger partial charge is 0.384 e. The summed E-state index contributed by atoms with van der Waals surface area (Å²) in [4.78, 5) is 3.90. The average molecular weight is 220 g/mol. The van der Waals surface area contributed by atoms with Crippen LogP contribution in [0.3, 0.4) is 0 Å². The van der Waals surface area contributed by atoms with E-state index >= 15 is 0 Å². The molecule has 0 aliphatic rings. The molecular formula is C12H10F2N2. The van der Waals surface area contributed by atoms with Crippen LogP contribution >= 0.6 is 0 Å². The van der Waals surface area contributed by atoms with Gasteiger partial charge in [0.05, 0.1) is 0 Å². The molecule has 0 bridgehead atoms. The van der Waals surface area contributed by atoms with Crippen LogP contribution in [-0.4, -0.2) is 4.98 Å². The maximum Gasteiger partial charge on any atom is 0.134 e. The van der Waals surface area contributed by atoms with Crippen molar-refractivity contribution in [3.63, 3.8) is 0 Å². The molecule has 1 aromatic carbocycles. The number of aromatic nitrogens is 1. The molecule has 0 saturated heterocycles. The Labute approximate surface area is 91.7 Å². The van der Waals surface area contributed by atoms with Crippen LogP contribution in [0.2, 0.25) is 0 Å². The number of hydrogen-bond donors (Lipinski definition) is 1. The molecule has 1 heterocycles. The Hall–Kier alpha value is -1.97. The van der Waals surface area contributed by atoms with Crippen molar-refractivity contribution < 1.29 is 8.78 Å². The molecule has 0 atom stereocenters. The van der Waals surface area contributed by atoms with Gasteiger partial charge in [0.15, 0.2) is 0 Å². The van der Waals surface area contributed by atoms with Crippen molar-refractivity contribution in [2.45, 2.75) is 6.92 Å². The Kier molecular flexibility index (Phi) is 2.56. The summed E-state index contributed by atoms with van der Waals surface area (Å²) < 4.78 is 26.3. The summed E-state index contributed by atoms with van der Waals surface area (Å²) in [7, 11) is 0. The third kappa shape index (κ3) is 1.86. The second kappa shape index (κ2) is 3.89. The first-order chi connectivity index (χ1) is 7.58. The Morgan fingerprint density at radius 1 is 1.12 bits per heavy atom. The normalized spacial score (nSPS) is 10.4. The van der Waals surface area contributed by atoms with Gasteiger partial charge in [0, 0.05) is 23.4 Å². The third-order valence-corrected chi connectivity index (χ3v) is 2.35. The van der Waals surface area contributed by atoms with Crippen molar-refractivity contribution in [3.8, 4) is 11.1 Å². The summed E-state index contributed by atoms with van der Waals surface area (Å²) in [5.74, 6) is -0.819. The standard InChI is InChI=1S/C12H10F2N2/c1-7-4-12(15)16-6-10(7)9-3-2-8(13)5-11(9)14/h2-6H,1H3,(H2,15,16). The molecule has 4 heteroatoms. The maximum atomic E-state index is 13.5. The second-order valence-corrected chi connectivity index (χ2v) is 3.55. The molecule has 0 fully saturated rings. The molecule has 0 aliphatic heterocycles. The SMILES string of the molecule is Cc1cc(N)ncc1-c1ccc(F)cc1F. The first kappa shape index (κ1) is 10.5. The molecule has 16 heavy (non-hydrogen) atoms. The van der Waals surface area contributed by atoms with E-state index in [-0.39, 0.29) is 0 Å². The van der Waals surface area contributed by atoms with E-state index in [1.165, 1.54) is 18.3 Å². The molecule has 0 unspecified atom stereocenters. The number of aryl methyl sites for hydroxylation is 1. The molecule has 2 aromatic rings. The van der Waals surface area contributed by atoms with E-state index < -0.39 is 11.6 Å². The minimum absolute atomic E-state index is 0.325. The molecule has 2 nitrogen and oxygen atoms in total. The first-order valence-electron chi connectivity index (χ1n) is 4.75. The van der Waals surface area contributed by atoms with Gasteiger partial charge in [0.2, 0.25) is 0 Å². The van der Waals surface area contributed by atoms with E-state index in [9.17, 15) is 8.78 Å². The van der Waals surface area contributed by atoms with Gasteiger partial charge in [0.25, 0.3) is 0 Å². The lowest BCUT2D eigenvalue weighted by Crippen LogP contribution is -1.94. The number of rotatable bonds is 1. The summed E-state index contributed by atoms with van der Waals surface area (Å²) in [5, 5.41) is 0. The van der Waals surface area contributed by atoms with Gasteiger partial charge in [-0.05, 0) is 30.7 Å². The second-order valence-electron chi connectivity index (χ2n) is 3.55. The predicted molar refractivity (Wildman–Crippen MR) is 58.7 cm³/mol. The van der Waals surface area contributed by atoms with Crippen LogP contribution in [0.25, 0.3) is 11.1 Å². The van der Waals surface area contributed by atoms with Gasteiger partial charge in [-0.15, -0.1) is 0 Å². The molecule has 0 aliphatic carbocycles. The quantitative estimate of drug-likeness (QED) is 0.802. The van der Waals surface area contributed by atoms with Gasteiger partial charge in [-0.2, -0.15) is 0 Å². The lowest BCUT2D eigenvalue weighted by molar-refractivity contribution is 0.585. The van der Waals surface area contributed by atoms with Crippen LogP contribution in [-0.2, 0) is 0 Å². The fourth-order valence-corrected chi connectivity index (χ4v) is 1.57. The summed E-state index contributed by atoms with van der Waals surface area (Å²) in [5.41, 5.74) is 7.25. The smallest absolute Gasteiger partial charge is 0.134 e. The van der Waals surface area contributed by atoms with Gasteiger partial charge >= 0.3 is 0 Å². The van der Waals surface area contributed by atoms with Crippen molar-refractivity contribution in [2.75, 3.05) is 5.73 Å². The summed E-state index contributed by atoms with van der Waals surface area (Å²) in [6.45, 7) is 1.80. The third-order valence-electron chi connectivity index (χ3n) is 2.35. The highest BCUT2D eigenvalue weighted by Crippen LogP contribution is 2.26. The number of benzene rings is 1. The number of nitrogens with zero attached hydrogens (tertiary/aromatic N) is 1. The molecule has 2 rings (SSSR count). The van der Waals surface area contributed by atoms with Crippen molar-refractivity contribution in [1.29, 1.82) is 0 Å². The number of hydrogen-bond acceptors (Lipinski definition) is 2. The Bertz CT molecular complexity index is 489. The highest BCUT2D eigenvalue weighted by atomic mass is 19.1. The number of anilines is 1. The van der Waals surface area contributed by atoms with E-state index in [0.29, 0.717) is 16.9 Å². The van der Waals surface area contributed by atoms with E-state index in [0.717, 1.165) is 11.6 Å². The van der Waals surface area contributed by atoms with E-state index in [1.807, 2.05) is 0 Å². The number of nitrogen functional groups attached to an aromatic ring is 1. The number of pyridine rings is 1. The summed E-state index contributed by atoms with van der Waals surface area (Å²) >= 11 is 0. The van der Waals surface area contributed by atoms with Crippen molar-refractivity contribution in [3.05, 3.63) is 47.7 Å². The zero-order valence-electron chi connectivity index (χ0n) is 8.67. The van der Waals surface area contributed by atoms with Gasteiger partial charge < -0.3 is 5.73 Å². The van der Waals surface area contributed by atoms with Crippen LogP contribution in [0.15, 0.2) is 30.5 Å². The van der Waals surface area contributed by atoms with E-state index in [2.05, 4.69) is 4.98 Å². The number of halogens is 2.